The van der Waals surface area contributed by atoms with Gasteiger partial charge in [-0.2, -0.15) is 0 Å². The van der Waals surface area contributed by atoms with Crippen LogP contribution in [0.3, 0.4) is 0 Å². The van der Waals surface area contributed by atoms with Crippen molar-refractivity contribution >= 4 is 22.6 Å². The van der Waals surface area contributed by atoms with Crippen LogP contribution in [-0.2, 0) is 22.6 Å². The van der Waals surface area contributed by atoms with E-state index in [0.29, 0.717) is 6.10 Å². The maximum Gasteiger partial charge on any atom is 0.227 e. The first-order valence-electron chi connectivity index (χ1n) is 10.9. The van der Waals surface area contributed by atoms with E-state index in [2.05, 4.69) is 20.9 Å². The SMILES string of the molecule is O=C(Nc1ccc2c(c1)nc1n2CCN(CC2CCCO2)C1)C1CCCCC1. The molecule has 1 N–H and O–H groups in total. The number of amides is 1. The van der Waals surface area contributed by atoms with E-state index in [1.165, 1.54) is 37.6 Å². The smallest absolute Gasteiger partial charge is 0.227 e. The number of imidazole rings is 1. The Morgan fingerprint density at radius 3 is 2.86 bits per heavy atom. The fraction of sp³-hybridized carbons (Fsp3) is 0.636. The monoisotopic (exact) mass is 382 g/mol. The number of nitrogens with zero attached hydrogens (tertiary/aromatic N) is 3. The van der Waals surface area contributed by atoms with Gasteiger partial charge in [0.15, 0.2) is 0 Å². The predicted octanol–water partition coefficient (Wildman–Crippen LogP) is 3.55. The molecule has 0 spiro atoms. The predicted molar refractivity (Wildman–Crippen MR) is 109 cm³/mol. The minimum absolute atomic E-state index is 0.172. The van der Waals surface area contributed by atoms with Crippen LogP contribution in [0.1, 0.15) is 50.8 Å². The molecule has 1 saturated heterocycles. The highest BCUT2D eigenvalue weighted by Crippen LogP contribution is 2.27. The summed E-state index contributed by atoms with van der Waals surface area (Å²) in [4.78, 5) is 19.9. The Bertz CT molecular complexity index is 850. The van der Waals surface area contributed by atoms with Crippen molar-refractivity contribution in [3.63, 3.8) is 0 Å². The second-order valence-electron chi connectivity index (χ2n) is 8.58. The van der Waals surface area contributed by atoms with Crippen molar-refractivity contribution in [3.05, 3.63) is 24.0 Å². The molecule has 2 aromatic rings. The normalized spacial score (nSPS) is 23.8. The lowest BCUT2D eigenvalue weighted by Gasteiger charge is -2.29. The van der Waals surface area contributed by atoms with Gasteiger partial charge in [-0.25, -0.2) is 4.98 Å². The van der Waals surface area contributed by atoms with Gasteiger partial charge in [0.25, 0.3) is 0 Å². The van der Waals surface area contributed by atoms with Crippen LogP contribution >= 0.6 is 0 Å². The number of ether oxygens (including phenoxy) is 1. The van der Waals surface area contributed by atoms with Gasteiger partial charge in [0.1, 0.15) is 5.82 Å². The summed E-state index contributed by atoms with van der Waals surface area (Å²) in [7, 11) is 0. The molecule has 6 nitrogen and oxygen atoms in total. The third-order valence-corrected chi connectivity index (χ3v) is 6.56. The van der Waals surface area contributed by atoms with Crippen molar-refractivity contribution in [1.29, 1.82) is 0 Å². The minimum atomic E-state index is 0.172. The second kappa shape index (κ2) is 7.84. The fourth-order valence-corrected chi connectivity index (χ4v) is 4.99. The van der Waals surface area contributed by atoms with Gasteiger partial charge in [-0.1, -0.05) is 19.3 Å². The van der Waals surface area contributed by atoms with Crippen LogP contribution < -0.4 is 5.32 Å². The van der Waals surface area contributed by atoms with E-state index in [1.54, 1.807) is 0 Å². The van der Waals surface area contributed by atoms with E-state index in [-0.39, 0.29) is 11.8 Å². The standard InChI is InChI=1S/C22H30N4O2/c27-22(16-5-2-1-3-6-16)23-17-8-9-20-19(13-17)24-21-15-25(10-11-26(20)21)14-18-7-4-12-28-18/h8-9,13,16,18H,1-7,10-12,14-15H2,(H,23,27). The lowest BCUT2D eigenvalue weighted by molar-refractivity contribution is -0.120. The molecule has 150 valence electrons. The highest BCUT2D eigenvalue weighted by Gasteiger charge is 2.25. The Kier molecular flexibility index (Phi) is 5.07. The molecule has 1 amide bonds. The molecule has 3 heterocycles. The third kappa shape index (κ3) is 3.67. The maximum atomic E-state index is 12.6. The van der Waals surface area contributed by atoms with Gasteiger partial charge in [-0.3, -0.25) is 9.69 Å². The summed E-state index contributed by atoms with van der Waals surface area (Å²) in [6.45, 7) is 4.79. The summed E-state index contributed by atoms with van der Waals surface area (Å²) in [5.74, 6) is 1.46. The van der Waals surface area contributed by atoms with Gasteiger partial charge in [-0.05, 0) is 43.9 Å². The van der Waals surface area contributed by atoms with Crippen LogP contribution in [0.5, 0.6) is 0 Å². The number of carbonyl (C=O) groups is 1. The average molecular weight is 383 g/mol. The number of carbonyl (C=O) groups excluding carboxylic acids is 1. The molecule has 6 heteroatoms. The van der Waals surface area contributed by atoms with Gasteiger partial charge in [0, 0.05) is 37.8 Å². The minimum Gasteiger partial charge on any atom is -0.377 e. The number of hydrogen-bond acceptors (Lipinski definition) is 4. The number of hydrogen-bond donors (Lipinski definition) is 1. The lowest BCUT2D eigenvalue weighted by Crippen LogP contribution is -2.38. The van der Waals surface area contributed by atoms with Gasteiger partial charge >= 0.3 is 0 Å². The molecule has 1 atom stereocenters. The Hall–Kier alpha value is -1.92. The topological polar surface area (TPSA) is 59.4 Å². The second-order valence-corrected chi connectivity index (χ2v) is 8.58. The van der Waals surface area contributed by atoms with Crippen molar-refractivity contribution in [2.75, 3.05) is 25.0 Å². The van der Waals surface area contributed by atoms with Crippen LogP contribution in [-0.4, -0.2) is 46.2 Å². The van der Waals surface area contributed by atoms with Crippen molar-refractivity contribution in [1.82, 2.24) is 14.5 Å². The molecule has 0 radical (unpaired) electrons. The molecule has 1 unspecified atom stereocenters. The molecule has 0 bridgehead atoms. The zero-order valence-electron chi connectivity index (χ0n) is 16.5. The van der Waals surface area contributed by atoms with Crippen LogP contribution in [0, 0.1) is 5.92 Å². The summed E-state index contributed by atoms with van der Waals surface area (Å²) in [5, 5.41) is 3.13. The number of aromatic nitrogens is 2. The Labute approximate surface area is 166 Å². The molecule has 1 aromatic carbocycles. The first kappa shape index (κ1) is 18.1. The summed E-state index contributed by atoms with van der Waals surface area (Å²) in [6.07, 6.45) is 8.40. The van der Waals surface area contributed by atoms with Crippen LogP contribution in [0.2, 0.25) is 0 Å². The number of rotatable bonds is 4. The summed E-state index contributed by atoms with van der Waals surface area (Å²) < 4.78 is 8.12. The molecular weight excluding hydrogens is 352 g/mol. The molecule has 3 aliphatic rings. The van der Waals surface area contributed by atoms with Gasteiger partial charge in [0.05, 0.1) is 23.7 Å². The molecule has 1 saturated carbocycles. The van der Waals surface area contributed by atoms with E-state index < -0.39 is 0 Å². The zero-order valence-corrected chi connectivity index (χ0v) is 16.5. The van der Waals surface area contributed by atoms with E-state index in [9.17, 15) is 4.79 Å². The molecule has 1 aromatic heterocycles. The highest BCUT2D eigenvalue weighted by atomic mass is 16.5. The van der Waals surface area contributed by atoms with Crippen molar-refractivity contribution in [2.24, 2.45) is 5.92 Å². The zero-order chi connectivity index (χ0) is 18.9. The van der Waals surface area contributed by atoms with Gasteiger partial charge in [0.2, 0.25) is 5.91 Å². The fourth-order valence-electron chi connectivity index (χ4n) is 4.99. The number of anilines is 1. The molecule has 2 fully saturated rings. The number of nitrogens with one attached hydrogen (secondary N) is 1. The van der Waals surface area contributed by atoms with Crippen molar-refractivity contribution in [2.45, 2.75) is 64.1 Å². The van der Waals surface area contributed by atoms with E-state index >= 15 is 0 Å². The molecule has 5 rings (SSSR count). The largest absolute Gasteiger partial charge is 0.377 e. The van der Waals surface area contributed by atoms with Crippen LogP contribution in [0.15, 0.2) is 18.2 Å². The maximum absolute atomic E-state index is 12.6. The molecular formula is C22H30N4O2. The van der Waals surface area contributed by atoms with Crippen LogP contribution in [0.4, 0.5) is 5.69 Å². The molecule has 1 aliphatic carbocycles. The van der Waals surface area contributed by atoms with Gasteiger partial charge < -0.3 is 14.6 Å². The number of fused-ring (bicyclic) bond motifs is 3. The number of benzene rings is 1. The Balaban J connectivity index is 1.29. The first-order chi connectivity index (χ1) is 13.8. The van der Waals surface area contributed by atoms with Gasteiger partial charge in [-0.15, -0.1) is 0 Å². The van der Waals surface area contributed by atoms with Crippen molar-refractivity contribution in [3.8, 4) is 0 Å². The third-order valence-electron chi connectivity index (χ3n) is 6.56. The summed E-state index contributed by atoms with van der Waals surface area (Å²) >= 11 is 0. The summed E-state index contributed by atoms with van der Waals surface area (Å²) in [5.41, 5.74) is 3.02. The van der Waals surface area contributed by atoms with E-state index in [0.717, 1.165) is 62.7 Å². The Morgan fingerprint density at radius 1 is 1.14 bits per heavy atom. The summed E-state index contributed by atoms with van der Waals surface area (Å²) in [6, 6.07) is 6.17. The van der Waals surface area contributed by atoms with E-state index in [4.69, 9.17) is 9.72 Å². The van der Waals surface area contributed by atoms with Crippen LogP contribution in [0.25, 0.3) is 11.0 Å². The van der Waals surface area contributed by atoms with Crippen molar-refractivity contribution < 1.29 is 9.53 Å². The average Bonchev–Trinajstić information content (AvgIpc) is 3.35. The molecule has 2 aliphatic heterocycles. The Morgan fingerprint density at radius 2 is 2.04 bits per heavy atom. The quantitative estimate of drug-likeness (QED) is 0.879. The molecule has 28 heavy (non-hydrogen) atoms. The lowest BCUT2D eigenvalue weighted by atomic mass is 9.88. The van der Waals surface area contributed by atoms with E-state index in [1.807, 2.05) is 12.1 Å². The highest BCUT2D eigenvalue weighted by molar-refractivity contribution is 5.94. The first-order valence-corrected chi connectivity index (χ1v) is 10.9.